The van der Waals surface area contributed by atoms with Crippen LogP contribution in [0.1, 0.15) is 0 Å². The molecule has 1 aromatic heterocycles. The van der Waals surface area contributed by atoms with Crippen molar-refractivity contribution in [3.05, 3.63) is 62.2 Å². The molecule has 0 bridgehead atoms. The van der Waals surface area contributed by atoms with Crippen molar-refractivity contribution in [1.82, 2.24) is 0 Å². The predicted octanol–water partition coefficient (Wildman–Crippen LogP) is 4.58. The second kappa shape index (κ2) is 4.96. The lowest BCUT2D eigenvalue weighted by molar-refractivity contribution is 0.475. The van der Waals surface area contributed by atoms with Crippen molar-refractivity contribution in [3.63, 3.8) is 0 Å². The molecule has 0 radical (unpaired) electrons. The van der Waals surface area contributed by atoms with Gasteiger partial charge >= 0.3 is 0 Å². The zero-order valence-electron chi connectivity index (χ0n) is 10.1. The Morgan fingerprint density at radius 1 is 1.10 bits per heavy atom. The number of phenols is 1. The summed E-state index contributed by atoms with van der Waals surface area (Å²) in [5.74, 6) is 0.426. The Morgan fingerprint density at radius 3 is 2.65 bits per heavy atom. The Balaban J connectivity index is 2.29. The summed E-state index contributed by atoms with van der Waals surface area (Å²) >= 11 is 9.41. The average molecular weight is 352 g/mol. The van der Waals surface area contributed by atoms with Crippen LogP contribution in [0.25, 0.3) is 22.3 Å². The van der Waals surface area contributed by atoms with E-state index in [1.807, 2.05) is 0 Å². The average Bonchev–Trinajstić information content (AvgIpc) is 2.37. The molecule has 1 N–H and O–H groups in total. The molecule has 20 heavy (non-hydrogen) atoms. The molecule has 0 atom stereocenters. The molecule has 0 aliphatic carbocycles. The van der Waals surface area contributed by atoms with Gasteiger partial charge in [0.1, 0.15) is 17.1 Å². The topological polar surface area (TPSA) is 50.4 Å². The van der Waals surface area contributed by atoms with Gasteiger partial charge in [0.15, 0.2) is 5.43 Å². The third kappa shape index (κ3) is 2.32. The van der Waals surface area contributed by atoms with Crippen LogP contribution in [-0.4, -0.2) is 5.11 Å². The van der Waals surface area contributed by atoms with Crippen molar-refractivity contribution >= 4 is 38.5 Å². The van der Waals surface area contributed by atoms with Crippen LogP contribution >= 0.6 is 27.5 Å². The van der Waals surface area contributed by atoms with Crippen molar-refractivity contribution in [2.45, 2.75) is 0 Å². The Hall–Kier alpha value is -1.78. The predicted molar refractivity (Wildman–Crippen MR) is 82.3 cm³/mol. The molecule has 3 nitrogen and oxygen atoms in total. The zero-order valence-corrected chi connectivity index (χ0v) is 12.4. The fourth-order valence-corrected chi connectivity index (χ4v) is 2.57. The molecule has 0 aliphatic rings. The minimum Gasteiger partial charge on any atom is -0.508 e. The number of halogens is 2. The Morgan fingerprint density at radius 2 is 1.90 bits per heavy atom. The zero-order chi connectivity index (χ0) is 14.3. The van der Waals surface area contributed by atoms with Gasteiger partial charge in [0.2, 0.25) is 0 Å². The van der Waals surface area contributed by atoms with Crippen molar-refractivity contribution < 1.29 is 9.52 Å². The minimum absolute atomic E-state index is 0.0598. The molecule has 0 spiro atoms. The molecule has 1 heterocycles. The highest BCUT2D eigenvalue weighted by Gasteiger charge is 2.10. The molecular weight excluding hydrogens is 344 g/mol. The molecule has 5 heteroatoms. The third-order valence-corrected chi connectivity index (χ3v) is 3.72. The van der Waals surface area contributed by atoms with Gasteiger partial charge in [0.05, 0.1) is 10.4 Å². The van der Waals surface area contributed by atoms with Gasteiger partial charge in [-0.15, -0.1) is 0 Å². The molecule has 0 aliphatic heterocycles. The van der Waals surface area contributed by atoms with E-state index >= 15 is 0 Å². The molecule has 0 unspecified atom stereocenters. The summed E-state index contributed by atoms with van der Waals surface area (Å²) < 4.78 is 6.56. The number of fused-ring (bicyclic) bond motifs is 1. The van der Waals surface area contributed by atoms with E-state index in [0.717, 1.165) is 4.47 Å². The van der Waals surface area contributed by atoms with Crippen molar-refractivity contribution in [3.8, 4) is 17.1 Å². The molecule has 0 saturated carbocycles. The lowest BCUT2D eigenvalue weighted by atomic mass is 10.1. The summed E-state index contributed by atoms with van der Waals surface area (Å²) in [4.78, 5) is 12.1. The van der Waals surface area contributed by atoms with E-state index in [0.29, 0.717) is 27.3 Å². The fourth-order valence-electron chi connectivity index (χ4n) is 1.97. The quantitative estimate of drug-likeness (QED) is 0.698. The number of benzene rings is 2. The largest absolute Gasteiger partial charge is 0.508 e. The molecule has 0 amide bonds. The second-order valence-corrected chi connectivity index (χ2v) is 5.60. The molecule has 0 saturated heterocycles. The molecule has 0 fully saturated rings. The Bertz CT molecular complexity index is 871. The lowest BCUT2D eigenvalue weighted by Crippen LogP contribution is -2.00. The highest BCUT2D eigenvalue weighted by Crippen LogP contribution is 2.31. The number of hydrogen-bond donors (Lipinski definition) is 1. The first-order valence-corrected chi connectivity index (χ1v) is 6.94. The van der Waals surface area contributed by atoms with Crippen LogP contribution in [0.15, 0.2) is 56.1 Å². The summed E-state index contributed by atoms with van der Waals surface area (Å²) in [7, 11) is 0. The van der Waals surface area contributed by atoms with Crippen molar-refractivity contribution in [2.24, 2.45) is 0 Å². The first kappa shape index (κ1) is 13.2. The lowest BCUT2D eigenvalue weighted by Gasteiger charge is -2.06. The van der Waals surface area contributed by atoms with Crippen molar-refractivity contribution in [2.75, 3.05) is 0 Å². The number of hydrogen-bond acceptors (Lipinski definition) is 3. The van der Waals surface area contributed by atoms with Crippen LogP contribution in [0.5, 0.6) is 5.75 Å². The normalized spacial score (nSPS) is 10.9. The van der Waals surface area contributed by atoms with E-state index < -0.39 is 0 Å². The summed E-state index contributed by atoms with van der Waals surface area (Å²) in [5.41, 5.74) is 0.896. The SMILES string of the molecule is O=c1cc(-c2ccc(O)cc2Cl)oc2cc(Br)ccc12. The summed E-state index contributed by atoms with van der Waals surface area (Å²) in [6.07, 6.45) is 0. The van der Waals surface area contributed by atoms with Crippen LogP contribution in [0.2, 0.25) is 5.02 Å². The molecule has 2 aromatic carbocycles. The molecule has 3 aromatic rings. The molecular formula is C15H8BrClO3. The van der Waals surface area contributed by atoms with Gasteiger partial charge in [-0.1, -0.05) is 27.5 Å². The smallest absolute Gasteiger partial charge is 0.193 e. The maximum atomic E-state index is 12.1. The molecule has 3 rings (SSSR count). The van der Waals surface area contributed by atoms with E-state index in [-0.39, 0.29) is 11.2 Å². The van der Waals surface area contributed by atoms with E-state index in [9.17, 15) is 9.90 Å². The van der Waals surface area contributed by atoms with Crippen LogP contribution in [0, 0.1) is 0 Å². The van der Waals surface area contributed by atoms with Gasteiger partial charge in [-0.05, 0) is 36.4 Å². The summed E-state index contributed by atoms with van der Waals surface area (Å²) in [5, 5.41) is 10.2. The monoisotopic (exact) mass is 350 g/mol. The minimum atomic E-state index is -0.141. The fraction of sp³-hybridized carbons (Fsp3) is 0. The van der Waals surface area contributed by atoms with Gasteiger partial charge in [0.25, 0.3) is 0 Å². The summed E-state index contributed by atoms with van der Waals surface area (Å²) in [6, 6.07) is 11.1. The Labute approximate surface area is 127 Å². The van der Waals surface area contributed by atoms with E-state index in [4.69, 9.17) is 16.0 Å². The maximum Gasteiger partial charge on any atom is 0.193 e. The number of rotatable bonds is 1. The van der Waals surface area contributed by atoms with E-state index in [2.05, 4.69) is 15.9 Å². The first-order valence-electron chi connectivity index (χ1n) is 5.77. The van der Waals surface area contributed by atoms with Gasteiger partial charge in [-0.3, -0.25) is 4.79 Å². The molecule has 100 valence electrons. The highest BCUT2D eigenvalue weighted by atomic mass is 79.9. The van der Waals surface area contributed by atoms with Crippen LogP contribution in [0.4, 0.5) is 0 Å². The van der Waals surface area contributed by atoms with Crippen LogP contribution in [-0.2, 0) is 0 Å². The third-order valence-electron chi connectivity index (χ3n) is 2.91. The summed E-state index contributed by atoms with van der Waals surface area (Å²) in [6.45, 7) is 0. The maximum absolute atomic E-state index is 12.1. The van der Waals surface area contributed by atoms with Gasteiger partial charge in [-0.25, -0.2) is 0 Å². The number of phenolic OH excluding ortho intramolecular Hbond substituents is 1. The van der Waals surface area contributed by atoms with Crippen LogP contribution in [0.3, 0.4) is 0 Å². The van der Waals surface area contributed by atoms with Gasteiger partial charge < -0.3 is 9.52 Å². The van der Waals surface area contributed by atoms with E-state index in [1.54, 1.807) is 24.3 Å². The second-order valence-electron chi connectivity index (χ2n) is 4.28. The standard InChI is InChI=1S/C15H8BrClO3/c16-8-1-3-11-13(19)7-15(20-14(11)5-8)10-4-2-9(18)6-12(10)17/h1-7,18H. The van der Waals surface area contributed by atoms with E-state index in [1.165, 1.54) is 18.2 Å². The Kier molecular flexibility index (Phi) is 3.28. The highest BCUT2D eigenvalue weighted by molar-refractivity contribution is 9.10. The van der Waals surface area contributed by atoms with Crippen LogP contribution < -0.4 is 5.43 Å². The van der Waals surface area contributed by atoms with Gasteiger partial charge in [-0.2, -0.15) is 0 Å². The van der Waals surface area contributed by atoms with Crippen molar-refractivity contribution in [1.29, 1.82) is 0 Å². The van der Waals surface area contributed by atoms with Gasteiger partial charge in [0, 0.05) is 16.1 Å². The first-order chi connectivity index (χ1) is 9.54. The number of aromatic hydroxyl groups is 1.